The number of carbonyl (C=O) groups excluding carboxylic acids is 1. The average molecular weight is 537 g/mol. The highest BCUT2D eigenvalue weighted by atomic mass is 35.5. The van der Waals surface area contributed by atoms with E-state index in [9.17, 15) is 4.79 Å². The van der Waals surface area contributed by atoms with Gasteiger partial charge in [0.2, 0.25) is 5.91 Å². The lowest BCUT2D eigenvalue weighted by molar-refractivity contribution is -0.128. The number of aromatic nitrogens is 4. The molecule has 0 bridgehead atoms. The molecule has 0 unspecified atom stereocenters. The van der Waals surface area contributed by atoms with E-state index in [1.807, 2.05) is 43.5 Å². The minimum Gasteiger partial charge on any atom is -0.486 e. The maximum atomic E-state index is 12.3. The molecule has 2 aliphatic rings. The second-order valence-corrected chi connectivity index (χ2v) is 10.5. The number of piperidine rings is 1. The molecule has 2 N–H and O–H groups in total. The van der Waals surface area contributed by atoms with Crippen molar-refractivity contribution in [1.82, 2.24) is 25.5 Å². The van der Waals surface area contributed by atoms with Crippen molar-refractivity contribution in [2.75, 3.05) is 24.5 Å². The van der Waals surface area contributed by atoms with Crippen molar-refractivity contribution in [3.63, 3.8) is 0 Å². The van der Waals surface area contributed by atoms with E-state index < -0.39 is 0 Å². The molecule has 0 aliphatic carbocycles. The van der Waals surface area contributed by atoms with E-state index >= 15 is 0 Å². The van der Waals surface area contributed by atoms with E-state index in [0.29, 0.717) is 21.4 Å². The lowest BCUT2D eigenvalue weighted by Crippen LogP contribution is -2.44. The van der Waals surface area contributed by atoms with E-state index in [-0.39, 0.29) is 17.4 Å². The van der Waals surface area contributed by atoms with Crippen molar-refractivity contribution in [2.24, 2.45) is 5.41 Å². The molecule has 37 heavy (non-hydrogen) atoms. The molecule has 190 valence electrons. The second-order valence-electron chi connectivity index (χ2n) is 9.73. The van der Waals surface area contributed by atoms with E-state index in [4.69, 9.17) is 32.9 Å². The number of fused-ring (bicyclic) bond motifs is 1. The molecule has 1 atom stereocenters. The number of anilines is 1. The second kappa shape index (κ2) is 9.50. The number of pyridine rings is 2. The first-order valence-electron chi connectivity index (χ1n) is 12.4. The summed E-state index contributed by atoms with van der Waals surface area (Å²) in [5, 5.41) is 12.5. The lowest BCUT2D eigenvalue weighted by atomic mass is 9.77. The molecule has 1 amide bonds. The molecule has 4 aromatic rings. The summed E-state index contributed by atoms with van der Waals surface area (Å²) in [6, 6.07) is 9.85. The largest absolute Gasteiger partial charge is 0.486 e. The van der Waals surface area contributed by atoms with Crippen LogP contribution in [0.1, 0.15) is 37.9 Å². The first-order valence-corrected chi connectivity index (χ1v) is 13.1. The fraction of sp³-hybridized carbons (Fsp3) is 0.333. The molecule has 0 radical (unpaired) electrons. The summed E-state index contributed by atoms with van der Waals surface area (Å²) in [6.07, 6.45) is 7.27. The summed E-state index contributed by atoms with van der Waals surface area (Å²) in [6.45, 7) is 4.35. The maximum Gasteiger partial charge on any atom is 0.226 e. The SMILES string of the molecule is C[C@@H](Oc1ccc2[nH]nc(-c3ccc(N4CCC5(CCNC5=O)CC4)nc3)c2c1)c1c(Cl)cncc1Cl. The van der Waals surface area contributed by atoms with Crippen molar-refractivity contribution < 1.29 is 9.53 Å². The molecule has 8 nitrogen and oxygen atoms in total. The first kappa shape index (κ1) is 24.0. The van der Waals surface area contributed by atoms with Crippen LogP contribution in [-0.4, -0.2) is 45.7 Å². The van der Waals surface area contributed by atoms with Crippen LogP contribution in [0.15, 0.2) is 48.9 Å². The van der Waals surface area contributed by atoms with Crippen LogP contribution >= 0.6 is 23.2 Å². The van der Waals surface area contributed by atoms with Crippen LogP contribution in [0.2, 0.25) is 10.0 Å². The van der Waals surface area contributed by atoms with Crippen molar-refractivity contribution in [1.29, 1.82) is 0 Å². The Balaban J connectivity index is 1.20. The number of hydrogen-bond acceptors (Lipinski definition) is 6. The summed E-state index contributed by atoms with van der Waals surface area (Å²) in [4.78, 5) is 23.3. The van der Waals surface area contributed by atoms with Gasteiger partial charge in [0.1, 0.15) is 23.4 Å². The Morgan fingerprint density at radius 3 is 2.51 bits per heavy atom. The summed E-state index contributed by atoms with van der Waals surface area (Å²) < 4.78 is 6.19. The molecule has 5 heterocycles. The summed E-state index contributed by atoms with van der Waals surface area (Å²) >= 11 is 12.6. The molecule has 1 spiro atoms. The highest BCUT2D eigenvalue weighted by Gasteiger charge is 2.44. The zero-order valence-electron chi connectivity index (χ0n) is 20.3. The van der Waals surface area contributed by atoms with Gasteiger partial charge in [0.05, 0.1) is 21.0 Å². The number of nitrogens with zero attached hydrogens (tertiary/aromatic N) is 4. The molecular formula is C27H26Cl2N6O2. The number of nitrogens with one attached hydrogen (secondary N) is 2. The number of aromatic amines is 1. The van der Waals surface area contributed by atoms with Gasteiger partial charge in [0, 0.05) is 54.7 Å². The smallest absolute Gasteiger partial charge is 0.226 e. The quantitative estimate of drug-likeness (QED) is 0.346. The van der Waals surface area contributed by atoms with Crippen molar-refractivity contribution in [3.05, 3.63) is 64.5 Å². The first-order chi connectivity index (χ1) is 17.9. The van der Waals surface area contributed by atoms with E-state index in [0.717, 1.165) is 66.9 Å². The Bertz CT molecular complexity index is 1440. The van der Waals surface area contributed by atoms with Crippen molar-refractivity contribution in [2.45, 2.75) is 32.3 Å². The number of halogens is 2. The van der Waals surface area contributed by atoms with Gasteiger partial charge in [-0.1, -0.05) is 23.2 Å². The Labute approximate surface area is 224 Å². The maximum absolute atomic E-state index is 12.3. The van der Waals surface area contributed by atoms with E-state index in [2.05, 4.69) is 25.4 Å². The summed E-state index contributed by atoms with van der Waals surface area (Å²) in [7, 11) is 0. The normalized spacial score (nSPS) is 17.8. The molecule has 3 aromatic heterocycles. The van der Waals surface area contributed by atoms with Gasteiger partial charge >= 0.3 is 0 Å². The molecule has 6 rings (SSSR count). The van der Waals surface area contributed by atoms with E-state index in [1.54, 1.807) is 12.4 Å². The van der Waals surface area contributed by atoms with Crippen LogP contribution in [0.4, 0.5) is 5.82 Å². The number of rotatable bonds is 5. The van der Waals surface area contributed by atoms with Crippen molar-refractivity contribution >= 4 is 45.8 Å². The molecule has 2 aliphatic heterocycles. The third-order valence-electron chi connectivity index (χ3n) is 7.58. The number of H-pyrrole nitrogens is 1. The van der Waals surface area contributed by atoms with Crippen molar-refractivity contribution in [3.8, 4) is 17.0 Å². The number of ether oxygens (including phenoxy) is 1. The van der Waals surface area contributed by atoms with Crippen LogP contribution in [-0.2, 0) is 4.79 Å². The van der Waals surface area contributed by atoms with Gasteiger partial charge in [0.25, 0.3) is 0 Å². The molecular weight excluding hydrogens is 511 g/mol. The van der Waals surface area contributed by atoms with Crippen LogP contribution in [0, 0.1) is 5.41 Å². The Morgan fingerprint density at radius 1 is 1.05 bits per heavy atom. The molecule has 10 heteroatoms. The van der Waals surface area contributed by atoms with Crippen LogP contribution in [0.25, 0.3) is 22.2 Å². The number of hydrogen-bond donors (Lipinski definition) is 2. The van der Waals surface area contributed by atoms with Crippen LogP contribution < -0.4 is 15.0 Å². The van der Waals surface area contributed by atoms with Gasteiger partial charge in [0.15, 0.2) is 0 Å². The molecule has 0 saturated carbocycles. The monoisotopic (exact) mass is 536 g/mol. The molecule has 1 aromatic carbocycles. The zero-order chi connectivity index (χ0) is 25.6. The Hall–Kier alpha value is -3.36. The topological polar surface area (TPSA) is 96.0 Å². The van der Waals surface area contributed by atoms with Gasteiger partial charge in [-0.25, -0.2) is 4.98 Å². The predicted molar refractivity (Wildman–Crippen MR) is 144 cm³/mol. The minimum atomic E-state index is -0.365. The molecule has 2 saturated heterocycles. The van der Waals surface area contributed by atoms with Gasteiger partial charge in [-0.15, -0.1) is 0 Å². The average Bonchev–Trinajstić information content (AvgIpc) is 3.48. The fourth-order valence-corrected chi connectivity index (χ4v) is 6.10. The van der Waals surface area contributed by atoms with Crippen LogP contribution in [0.3, 0.4) is 0 Å². The van der Waals surface area contributed by atoms with Gasteiger partial charge in [-0.05, 0) is 56.5 Å². The summed E-state index contributed by atoms with van der Waals surface area (Å²) in [5.74, 6) is 1.81. The summed E-state index contributed by atoms with van der Waals surface area (Å²) in [5.41, 5.74) is 3.12. The Morgan fingerprint density at radius 2 is 1.84 bits per heavy atom. The van der Waals surface area contributed by atoms with Gasteiger partial charge in [-0.2, -0.15) is 5.10 Å². The third-order valence-corrected chi connectivity index (χ3v) is 8.18. The number of benzene rings is 1. The van der Waals surface area contributed by atoms with Gasteiger partial charge in [-0.3, -0.25) is 14.9 Å². The Kier molecular flexibility index (Phi) is 6.16. The highest BCUT2D eigenvalue weighted by molar-refractivity contribution is 6.35. The third kappa shape index (κ3) is 4.38. The zero-order valence-corrected chi connectivity index (χ0v) is 21.8. The fourth-order valence-electron chi connectivity index (χ4n) is 5.43. The highest BCUT2D eigenvalue weighted by Crippen LogP contribution is 2.39. The standard InChI is InChI=1S/C27H26Cl2N6O2/c1-16(24-20(28)14-30-15-21(24)29)37-18-3-4-22-19(12-18)25(34-33-22)17-2-5-23(32-13-17)35-10-7-27(8-11-35)6-9-31-26(27)36/h2-5,12-16H,6-11H2,1H3,(H,31,36)(H,33,34)/t16-/m1/s1. The lowest BCUT2D eigenvalue weighted by Gasteiger charge is -2.37. The van der Waals surface area contributed by atoms with Gasteiger partial charge < -0.3 is 15.0 Å². The predicted octanol–water partition coefficient (Wildman–Crippen LogP) is 5.57. The van der Waals surface area contributed by atoms with Crippen LogP contribution in [0.5, 0.6) is 5.75 Å². The number of amides is 1. The van der Waals surface area contributed by atoms with E-state index in [1.165, 1.54) is 0 Å². The molecule has 2 fully saturated rings. The minimum absolute atomic E-state index is 0.185. The number of carbonyl (C=O) groups is 1.